The molecule has 1 N–H and O–H groups in total. The van der Waals surface area contributed by atoms with Crippen molar-refractivity contribution >= 4 is 17.5 Å². The summed E-state index contributed by atoms with van der Waals surface area (Å²) in [5.41, 5.74) is 2.36. The molecule has 1 amide bonds. The highest BCUT2D eigenvalue weighted by Gasteiger charge is 2.16. The fraction of sp³-hybridized carbons (Fsp3) is 0.250. The molecule has 0 aliphatic rings. The lowest BCUT2D eigenvalue weighted by Crippen LogP contribution is -2.24. The number of nitrogens with zero attached hydrogens (tertiary/aromatic N) is 3. The van der Waals surface area contributed by atoms with Crippen LogP contribution in [0.4, 0.5) is 8.78 Å². The summed E-state index contributed by atoms with van der Waals surface area (Å²) in [5.74, 6) is 0.00943. The average Bonchev–Trinajstić information content (AvgIpc) is 3.04. The van der Waals surface area contributed by atoms with E-state index in [0.29, 0.717) is 11.4 Å². The number of pyridine rings is 1. The molecule has 30 heavy (non-hydrogen) atoms. The van der Waals surface area contributed by atoms with Crippen LogP contribution in [0.2, 0.25) is 5.02 Å². The molecule has 0 spiro atoms. The van der Waals surface area contributed by atoms with Crippen LogP contribution in [0.5, 0.6) is 11.5 Å². The summed E-state index contributed by atoms with van der Waals surface area (Å²) < 4.78 is 35.9. The number of methoxy groups -OCH3 is 1. The van der Waals surface area contributed by atoms with Gasteiger partial charge in [0, 0.05) is 12.2 Å². The van der Waals surface area contributed by atoms with E-state index < -0.39 is 12.5 Å². The second-order valence-electron chi connectivity index (χ2n) is 6.39. The van der Waals surface area contributed by atoms with E-state index in [1.54, 1.807) is 22.9 Å². The maximum atomic E-state index is 12.6. The Morgan fingerprint density at radius 2 is 1.97 bits per heavy atom. The predicted molar refractivity (Wildman–Crippen MR) is 107 cm³/mol. The number of nitrogens with one attached hydrogen (secondary N) is 1. The van der Waals surface area contributed by atoms with E-state index in [0.717, 1.165) is 11.4 Å². The van der Waals surface area contributed by atoms with Crippen molar-refractivity contribution in [1.82, 2.24) is 20.1 Å². The summed E-state index contributed by atoms with van der Waals surface area (Å²) in [5, 5.41) is 7.25. The molecule has 10 heteroatoms. The van der Waals surface area contributed by atoms with Gasteiger partial charge >= 0.3 is 6.61 Å². The topological polar surface area (TPSA) is 78.3 Å². The summed E-state index contributed by atoms with van der Waals surface area (Å²) in [6.45, 7) is 0.878. The predicted octanol–water partition coefficient (Wildman–Crippen LogP) is 4.08. The normalized spacial score (nSPS) is 10.9. The molecule has 158 valence electrons. The lowest BCUT2D eigenvalue weighted by Gasteiger charge is -2.12. The highest BCUT2D eigenvalue weighted by Crippen LogP contribution is 2.29. The second-order valence-corrected chi connectivity index (χ2v) is 6.79. The van der Waals surface area contributed by atoms with Gasteiger partial charge in [-0.05, 0) is 49.7 Å². The molecule has 2 heterocycles. The van der Waals surface area contributed by atoms with E-state index in [2.05, 4.69) is 20.1 Å². The molecule has 3 aromatic rings. The molecule has 0 saturated carbocycles. The lowest BCUT2D eigenvalue weighted by molar-refractivity contribution is -0.0512. The van der Waals surface area contributed by atoms with Gasteiger partial charge in [0.2, 0.25) is 0 Å². The third-order valence-electron chi connectivity index (χ3n) is 4.17. The first-order valence-electron chi connectivity index (χ1n) is 8.88. The van der Waals surface area contributed by atoms with Crippen LogP contribution in [0.25, 0.3) is 5.82 Å². The van der Waals surface area contributed by atoms with Gasteiger partial charge in [-0.15, -0.1) is 0 Å². The minimum absolute atomic E-state index is 0.0475. The Balaban J connectivity index is 1.76. The quantitative estimate of drug-likeness (QED) is 0.604. The Hall–Kier alpha value is -3.20. The largest absolute Gasteiger partial charge is 0.493 e. The number of amides is 1. The van der Waals surface area contributed by atoms with Crippen molar-refractivity contribution in [2.75, 3.05) is 7.11 Å². The molecule has 0 aliphatic heterocycles. The molecule has 2 aromatic heterocycles. The van der Waals surface area contributed by atoms with Crippen LogP contribution in [-0.4, -0.2) is 34.4 Å². The Kier molecular flexibility index (Phi) is 6.51. The van der Waals surface area contributed by atoms with Gasteiger partial charge in [-0.1, -0.05) is 17.7 Å². The van der Waals surface area contributed by atoms with Gasteiger partial charge in [0.15, 0.2) is 17.3 Å². The van der Waals surface area contributed by atoms with Gasteiger partial charge < -0.3 is 14.8 Å². The summed E-state index contributed by atoms with van der Waals surface area (Å²) in [4.78, 5) is 17.0. The van der Waals surface area contributed by atoms with Crippen molar-refractivity contribution in [2.45, 2.75) is 27.0 Å². The standard InChI is InChI=1S/C20H19ClF2N4O3/c1-11-8-12(2)27(26-11)17-7-5-14(21)18(25-17)19(28)24-10-13-4-6-15(30-20(22)23)16(9-13)29-3/h4-9,20H,10H2,1-3H3,(H,24,28). The van der Waals surface area contributed by atoms with Crippen LogP contribution < -0.4 is 14.8 Å². The maximum Gasteiger partial charge on any atom is 0.387 e. The monoisotopic (exact) mass is 436 g/mol. The number of hydrogen-bond donors (Lipinski definition) is 1. The summed E-state index contributed by atoms with van der Waals surface area (Å²) in [6, 6.07) is 9.53. The van der Waals surface area contributed by atoms with Crippen molar-refractivity contribution < 1.29 is 23.0 Å². The molecule has 0 fully saturated rings. The van der Waals surface area contributed by atoms with E-state index >= 15 is 0 Å². The maximum absolute atomic E-state index is 12.6. The second kappa shape index (κ2) is 9.08. The van der Waals surface area contributed by atoms with Gasteiger partial charge in [-0.25, -0.2) is 9.67 Å². The van der Waals surface area contributed by atoms with Crippen molar-refractivity contribution in [3.63, 3.8) is 0 Å². The Bertz CT molecular complexity index is 1070. The molecule has 7 nitrogen and oxygen atoms in total. The number of rotatable bonds is 7. The van der Waals surface area contributed by atoms with Gasteiger partial charge in [0.05, 0.1) is 17.8 Å². The SMILES string of the molecule is COc1cc(CNC(=O)c2nc(-n3nc(C)cc3C)ccc2Cl)ccc1OC(F)F. The van der Waals surface area contributed by atoms with Gasteiger partial charge in [0.1, 0.15) is 5.69 Å². The van der Waals surface area contributed by atoms with Crippen molar-refractivity contribution in [2.24, 2.45) is 0 Å². The third kappa shape index (κ3) is 4.85. The summed E-state index contributed by atoms with van der Waals surface area (Å²) >= 11 is 6.16. The molecule has 0 aliphatic carbocycles. The minimum atomic E-state index is -2.97. The molecule has 1 aromatic carbocycles. The van der Waals surface area contributed by atoms with Crippen molar-refractivity contribution in [3.05, 3.63) is 64.1 Å². The zero-order chi connectivity index (χ0) is 21.8. The first-order valence-corrected chi connectivity index (χ1v) is 9.26. The number of aryl methyl sites for hydroxylation is 2. The van der Waals surface area contributed by atoms with Crippen molar-refractivity contribution in [1.29, 1.82) is 0 Å². The number of aromatic nitrogens is 3. The minimum Gasteiger partial charge on any atom is -0.493 e. The number of alkyl halides is 2. The number of ether oxygens (including phenoxy) is 2. The molecule has 0 atom stereocenters. The highest BCUT2D eigenvalue weighted by atomic mass is 35.5. The van der Waals surface area contributed by atoms with Crippen molar-refractivity contribution in [3.8, 4) is 17.3 Å². The number of carbonyl (C=O) groups excluding carboxylic acids is 1. The Labute approximate surface area is 176 Å². The number of benzene rings is 1. The number of hydrogen-bond acceptors (Lipinski definition) is 5. The van der Waals surface area contributed by atoms with Gasteiger partial charge in [-0.2, -0.15) is 13.9 Å². The summed E-state index contributed by atoms with van der Waals surface area (Å²) in [7, 11) is 1.34. The van der Waals surface area contributed by atoms with E-state index in [9.17, 15) is 13.6 Å². The van der Waals surface area contributed by atoms with Gasteiger partial charge in [-0.3, -0.25) is 4.79 Å². The van der Waals surface area contributed by atoms with Crippen LogP contribution in [-0.2, 0) is 6.54 Å². The zero-order valence-corrected chi connectivity index (χ0v) is 17.2. The van der Waals surface area contributed by atoms with Crippen LogP contribution in [0.15, 0.2) is 36.4 Å². The summed E-state index contributed by atoms with van der Waals surface area (Å²) in [6.07, 6.45) is 0. The number of halogens is 3. The third-order valence-corrected chi connectivity index (χ3v) is 4.48. The van der Waals surface area contributed by atoms with E-state index in [-0.39, 0.29) is 28.8 Å². The smallest absolute Gasteiger partial charge is 0.387 e. The molecule has 0 radical (unpaired) electrons. The first kappa shape index (κ1) is 21.5. The van der Waals surface area contributed by atoms with Crippen LogP contribution in [0.3, 0.4) is 0 Å². The Morgan fingerprint density at radius 3 is 2.60 bits per heavy atom. The molecule has 3 rings (SSSR count). The molecule has 0 saturated heterocycles. The van der Waals surface area contributed by atoms with Crippen LogP contribution in [0, 0.1) is 13.8 Å². The van der Waals surface area contributed by atoms with E-state index in [1.165, 1.54) is 19.2 Å². The molecular formula is C20H19ClF2N4O3. The lowest BCUT2D eigenvalue weighted by atomic mass is 10.2. The zero-order valence-electron chi connectivity index (χ0n) is 16.4. The highest BCUT2D eigenvalue weighted by molar-refractivity contribution is 6.33. The molecule has 0 unspecified atom stereocenters. The van der Waals surface area contributed by atoms with Gasteiger partial charge in [0.25, 0.3) is 5.91 Å². The van der Waals surface area contributed by atoms with Crippen LogP contribution >= 0.6 is 11.6 Å². The fourth-order valence-electron chi connectivity index (χ4n) is 2.85. The fourth-order valence-corrected chi connectivity index (χ4v) is 3.04. The Morgan fingerprint density at radius 1 is 1.20 bits per heavy atom. The van der Waals surface area contributed by atoms with E-state index in [4.69, 9.17) is 16.3 Å². The first-order chi connectivity index (χ1) is 14.3. The molecular weight excluding hydrogens is 418 g/mol. The average molecular weight is 437 g/mol. The van der Waals surface area contributed by atoms with Crippen LogP contribution in [0.1, 0.15) is 27.4 Å². The number of carbonyl (C=O) groups is 1. The molecule has 0 bridgehead atoms. The van der Waals surface area contributed by atoms with E-state index in [1.807, 2.05) is 19.9 Å².